The zero-order chi connectivity index (χ0) is 13.4. The van der Waals surface area contributed by atoms with Gasteiger partial charge in [0.1, 0.15) is 5.82 Å². The molecular weight excluding hydrogens is 240 g/mol. The topological polar surface area (TPSA) is 62.2 Å². The molecule has 1 fully saturated rings. The molecule has 3 rings (SSSR count). The van der Waals surface area contributed by atoms with Gasteiger partial charge in [0.05, 0.1) is 0 Å². The molecule has 2 N–H and O–H groups in total. The standard InChI is InChI=1S/C15H16N2O2/c1-2-9-7-12(9)16-14-11-6-4-3-5-10(11)8-13(17-14)15(18)19/h3-6,8-9,12H,2,7H2,1H3,(H,16,17)(H,18,19). The lowest BCUT2D eigenvalue weighted by molar-refractivity contribution is 0.0691. The van der Waals surface area contributed by atoms with Crippen molar-refractivity contribution in [2.24, 2.45) is 5.92 Å². The Labute approximate surface area is 111 Å². The van der Waals surface area contributed by atoms with Crippen LogP contribution in [0.3, 0.4) is 0 Å². The quantitative estimate of drug-likeness (QED) is 0.882. The van der Waals surface area contributed by atoms with Crippen molar-refractivity contribution in [1.82, 2.24) is 4.98 Å². The van der Waals surface area contributed by atoms with Crippen LogP contribution in [0, 0.1) is 5.92 Å². The Morgan fingerprint density at radius 1 is 1.47 bits per heavy atom. The maximum atomic E-state index is 11.1. The van der Waals surface area contributed by atoms with Gasteiger partial charge in [-0.15, -0.1) is 0 Å². The number of carboxylic acid groups (broad SMARTS) is 1. The van der Waals surface area contributed by atoms with Gasteiger partial charge in [0.2, 0.25) is 0 Å². The highest BCUT2D eigenvalue weighted by molar-refractivity contribution is 5.97. The number of hydrogen-bond acceptors (Lipinski definition) is 3. The fraction of sp³-hybridized carbons (Fsp3) is 0.333. The summed E-state index contributed by atoms with van der Waals surface area (Å²) in [5, 5.41) is 14.4. The zero-order valence-electron chi connectivity index (χ0n) is 10.8. The highest BCUT2D eigenvalue weighted by Gasteiger charge is 2.35. The minimum atomic E-state index is -0.989. The largest absolute Gasteiger partial charge is 0.477 e. The van der Waals surface area contributed by atoms with E-state index >= 15 is 0 Å². The summed E-state index contributed by atoms with van der Waals surface area (Å²) in [5.74, 6) is 0.391. The molecule has 1 aromatic heterocycles. The summed E-state index contributed by atoms with van der Waals surface area (Å²) in [7, 11) is 0. The minimum absolute atomic E-state index is 0.0925. The maximum absolute atomic E-state index is 11.1. The first-order valence-electron chi connectivity index (χ1n) is 6.58. The second-order valence-electron chi connectivity index (χ2n) is 5.04. The van der Waals surface area contributed by atoms with Crippen molar-refractivity contribution in [3.05, 3.63) is 36.0 Å². The average Bonchev–Trinajstić information content (AvgIpc) is 3.17. The van der Waals surface area contributed by atoms with Gasteiger partial charge >= 0.3 is 5.97 Å². The SMILES string of the molecule is CCC1CC1Nc1nc(C(=O)O)cc2ccccc12. The number of rotatable bonds is 4. The monoisotopic (exact) mass is 256 g/mol. The summed E-state index contributed by atoms with van der Waals surface area (Å²) in [6.45, 7) is 2.17. The van der Waals surface area contributed by atoms with Crippen LogP contribution in [0.4, 0.5) is 5.82 Å². The van der Waals surface area contributed by atoms with E-state index in [0.29, 0.717) is 17.8 Å². The number of carboxylic acids is 1. The van der Waals surface area contributed by atoms with Crippen LogP contribution in [0.1, 0.15) is 30.3 Å². The molecule has 2 unspecified atom stereocenters. The summed E-state index contributed by atoms with van der Waals surface area (Å²) >= 11 is 0. The average molecular weight is 256 g/mol. The van der Waals surface area contributed by atoms with Gasteiger partial charge in [-0.3, -0.25) is 0 Å². The van der Waals surface area contributed by atoms with Crippen molar-refractivity contribution in [3.8, 4) is 0 Å². The van der Waals surface area contributed by atoms with Gasteiger partial charge in [0.15, 0.2) is 5.69 Å². The molecule has 1 saturated carbocycles. The summed E-state index contributed by atoms with van der Waals surface area (Å²) in [5.41, 5.74) is 0.0925. The van der Waals surface area contributed by atoms with Crippen LogP contribution in [0.25, 0.3) is 10.8 Å². The van der Waals surface area contributed by atoms with E-state index in [2.05, 4.69) is 17.2 Å². The Morgan fingerprint density at radius 3 is 2.95 bits per heavy atom. The van der Waals surface area contributed by atoms with Gasteiger partial charge in [-0.1, -0.05) is 37.6 Å². The van der Waals surface area contributed by atoms with Crippen molar-refractivity contribution in [2.75, 3.05) is 5.32 Å². The third kappa shape index (κ3) is 2.26. The summed E-state index contributed by atoms with van der Waals surface area (Å²) < 4.78 is 0. The van der Waals surface area contributed by atoms with Gasteiger partial charge < -0.3 is 10.4 Å². The van der Waals surface area contributed by atoms with E-state index in [9.17, 15) is 4.79 Å². The van der Waals surface area contributed by atoms with Crippen molar-refractivity contribution in [3.63, 3.8) is 0 Å². The van der Waals surface area contributed by atoms with Gasteiger partial charge in [-0.05, 0) is 23.8 Å². The van der Waals surface area contributed by atoms with Crippen molar-refractivity contribution < 1.29 is 9.90 Å². The molecule has 98 valence electrons. The Hall–Kier alpha value is -2.10. The second kappa shape index (κ2) is 4.53. The first kappa shape index (κ1) is 12.0. The molecule has 0 radical (unpaired) electrons. The normalized spacial score (nSPS) is 21.3. The Bertz CT molecular complexity index is 639. The summed E-state index contributed by atoms with van der Waals surface area (Å²) in [6, 6.07) is 9.79. The lowest BCUT2D eigenvalue weighted by atomic mass is 10.1. The summed E-state index contributed by atoms with van der Waals surface area (Å²) in [4.78, 5) is 15.4. The molecule has 2 aromatic rings. The van der Waals surface area contributed by atoms with Crippen LogP contribution in [0.2, 0.25) is 0 Å². The number of hydrogen-bond donors (Lipinski definition) is 2. The number of nitrogens with one attached hydrogen (secondary N) is 1. The molecule has 0 bridgehead atoms. The predicted molar refractivity (Wildman–Crippen MR) is 74.5 cm³/mol. The van der Waals surface area contributed by atoms with Gasteiger partial charge in [-0.25, -0.2) is 9.78 Å². The molecule has 1 aromatic carbocycles. The molecule has 19 heavy (non-hydrogen) atoms. The van der Waals surface area contributed by atoms with E-state index < -0.39 is 5.97 Å². The molecule has 0 amide bonds. The molecule has 1 aliphatic carbocycles. The van der Waals surface area contributed by atoms with Crippen LogP contribution < -0.4 is 5.32 Å². The number of pyridine rings is 1. The van der Waals surface area contributed by atoms with E-state index in [1.807, 2.05) is 24.3 Å². The smallest absolute Gasteiger partial charge is 0.354 e. The third-order valence-electron chi connectivity index (χ3n) is 3.73. The van der Waals surface area contributed by atoms with Gasteiger partial charge in [-0.2, -0.15) is 0 Å². The first-order chi connectivity index (χ1) is 9.19. The Morgan fingerprint density at radius 2 is 2.26 bits per heavy atom. The van der Waals surface area contributed by atoms with Crippen molar-refractivity contribution in [1.29, 1.82) is 0 Å². The fourth-order valence-electron chi connectivity index (χ4n) is 2.47. The number of aromatic nitrogens is 1. The van der Waals surface area contributed by atoms with Crippen LogP contribution in [0.5, 0.6) is 0 Å². The molecule has 0 spiro atoms. The van der Waals surface area contributed by atoms with Crippen LogP contribution in [0.15, 0.2) is 30.3 Å². The lowest BCUT2D eigenvalue weighted by Crippen LogP contribution is -2.09. The fourth-order valence-corrected chi connectivity index (χ4v) is 2.47. The highest BCUT2D eigenvalue weighted by atomic mass is 16.4. The number of fused-ring (bicyclic) bond motifs is 1. The Kier molecular flexibility index (Phi) is 2.85. The molecule has 0 aliphatic heterocycles. The third-order valence-corrected chi connectivity index (χ3v) is 3.73. The lowest BCUT2D eigenvalue weighted by Gasteiger charge is -2.09. The van der Waals surface area contributed by atoms with E-state index in [-0.39, 0.29) is 5.69 Å². The molecule has 0 saturated heterocycles. The molecule has 1 heterocycles. The van der Waals surface area contributed by atoms with E-state index in [1.54, 1.807) is 6.07 Å². The molecule has 2 atom stereocenters. The zero-order valence-corrected chi connectivity index (χ0v) is 10.8. The van der Waals surface area contributed by atoms with Crippen molar-refractivity contribution in [2.45, 2.75) is 25.8 Å². The molecule has 1 aliphatic rings. The number of anilines is 1. The van der Waals surface area contributed by atoms with E-state index in [4.69, 9.17) is 5.11 Å². The molecular formula is C15H16N2O2. The maximum Gasteiger partial charge on any atom is 0.354 e. The second-order valence-corrected chi connectivity index (χ2v) is 5.04. The van der Waals surface area contributed by atoms with Crippen LogP contribution >= 0.6 is 0 Å². The number of benzene rings is 1. The number of aromatic carboxylic acids is 1. The number of nitrogens with zero attached hydrogens (tertiary/aromatic N) is 1. The van der Waals surface area contributed by atoms with Crippen molar-refractivity contribution >= 4 is 22.6 Å². The predicted octanol–water partition coefficient (Wildman–Crippen LogP) is 3.14. The van der Waals surface area contributed by atoms with Crippen LogP contribution in [-0.2, 0) is 0 Å². The molecule has 4 nitrogen and oxygen atoms in total. The molecule has 4 heteroatoms. The van der Waals surface area contributed by atoms with E-state index in [0.717, 1.165) is 23.6 Å². The summed E-state index contributed by atoms with van der Waals surface area (Å²) in [6.07, 6.45) is 2.29. The Balaban J connectivity index is 2.02. The number of carbonyl (C=O) groups is 1. The van der Waals surface area contributed by atoms with Crippen LogP contribution in [-0.4, -0.2) is 22.1 Å². The van der Waals surface area contributed by atoms with E-state index in [1.165, 1.54) is 0 Å². The van der Waals surface area contributed by atoms with Gasteiger partial charge in [0.25, 0.3) is 0 Å². The van der Waals surface area contributed by atoms with Gasteiger partial charge in [0, 0.05) is 11.4 Å². The highest BCUT2D eigenvalue weighted by Crippen LogP contribution is 2.37. The minimum Gasteiger partial charge on any atom is -0.477 e. The first-order valence-corrected chi connectivity index (χ1v) is 6.58.